The summed E-state index contributed by atoms with van der Waals surface area (Å²) in [6, 6.07) is 46.4. The van der Waals surface area contributed by atoms with E-state index in [1.54, 1.807) is 11.3 Å². The number of para-hydroxylation sites is 4. The number of hydrogen-bond acceptors (Lipinski definition) is 8. The van der Waals surface area contributed by atoms with Crippen LogP contribution in [0.4, 0.5) is 0 Å². The molecule has 0 atom stereocenters. The fourth-order valence-electron chi connectivity index (χ4n) is 6.14. The van der Waals surface area contributed by atoms with E-state index >= 15 is 0 Å². The highest BCUT2D eigenvalue weighted by Gasteiger charge is 2.16. The van der Waals surface area contributed by atoms with E-state index in [2.05, 4.69) is 52.4 Å². The molecule has 230 valence electrons. The van der Waals surface area contributed by atoms with Crippen molar-refractivity contribution >= 4 is 53.7 Å². The van der Waals surface area contributed by atoms with Gasteiger partial charge in [0.2, 0.25) is 11.8 Å². The van der Waals surface area contributed by atoms with E-state index in [0.717, 1.165) is 50.0 Å². The van der Waals surface area contributed by atoms with Gasteiger partial charge in [-0.3, -0.25) is 0 Å². The fraction of sp³-hybridized carbons (Fsp3) is 0. The fourth-order valence-corrected chi connectivity index (χ4v) is 7.23. The molecule has 0 radical (unpaired) electrons. The van der Waals surface area contributed by atoms with Gasteiger partial charge < -0.3 is 8.83 Å². The number of rotatable bonds is 5. The lowest BCUT2D eigenvalue weighted by Crippen LogP contribution is -2.00. The second-order valence-corrected chi connectivity index (χ2v) is 12.8. The average Bonchev–Trinajstić information content (AvgIpc) is 3.90. The SMILES string of the molecule is c1ccc2oc(-c3ccc(-c4nc(-c5ccc(-c6nc7ccccc7o6)cc5)nc(-c5ccc6sc7ccccc7c6c5)n4)cc3)nc2c1. The summed E-state index contributed by atoms with van der Waals surface area (Å²) in [7, 11) is 0. The standard InChI is InChI=1S/C41H23N5O2S/c1-6-12-35-29(7-1)30-23-28(21-22-36(30)49-35)39-45-37(24-13-17-26(18-14-24)40-42-31-8-2-4-10-33(31)47-40)44-38(46-39)25-15-19-27(20-16-25)41-43-32-9-3-5-11-34(32)48-41/h1-23H. The van der Waals surface area contributed by atoms with E-state index in [9.17, 15) is 0 Å². The van der Waals surface area contributed by atoms with Crippen molar-refractivity contribution in [3.63, 3.8) is 0 Å². The van der Waals surface area contributed by atoms with Crippen LogP contribution >= 0.6 is 11.3 Å². The van der Waals surface area contributed by atoms with E-state index in [-0.39, 0.29) is 0 Å². The van der Waals surface area contributed by atoms with Crippen molar-refractivity contribution in [3.05, 3.63) is 140 Å². The molecule has 10 aromatic rings. The van der Waals surface area contributed by atoms with Gasteiger partial charge in [-0.2, -0.15) is 0 Å². The molecule has 0 saturated heterocycles. The molecule has 0 bridgehead atoms. The highest BCUT2D eigenvalue weighted by Crippen LogP contribution is 2.37. The molecule has 4 aromatic heterocycles. The first kappa shape index (κ1) is 27.6. The van der Waals surface area contributed by atoms with E-state index in [0.29, 0.717) is 29.3 Å². The van der Waals surface area contributed by atoms with Gasteiger partial charge in [-0.25, -0.2) is 24.9 Å². The maximum Gasteiger partial charge on any atom is 0.227 e. The zero-order valence-corrected chi connectivity index (χ0v) is 26.6. The van der Waals surface area contributed by atoms with Crippen molar-refractivity contribution in [1.82, 2.24) is 24.9 Å². The first-order valence-electron chi connectivity index (χ1n) is 15.8. The number of nitrogens with zero attached hydrogens (tertiary/aromatic N) is 5. The van der Waals surface area contributed by atoms with Crippen LogP contribution in [0, 0.1) is 0 Å². The molecule has 49 heavy (non-hydrogen) atoms. The number of aromatic nitrogens is 5. The van der Waals surface area contributed by atoms with Crippen molar-refractivity contribution in [2.75, 3.05) is 0 Å². The van der Waals surface area contributed by atoms with Crippen LogP contribution in [0.5, 0.6) is 0 Å². The molecule has 0 amide bonds. The number of fused-ring (bicyclic) bond motifs is 5. The molecular formula is C41H23N5O2S. The van der Waals surface area contributed by atoms with Crippen LogP contribution in [-0.2, 0) is 0 Å². The molecule has 0 N–H and O–H groups in total. The summed E-state index contributed by atoms with van der Waals surface area (Å²) in [6.45, 7) is 0. The van der Waals surface area contributed by atoms with Crippen molar-refractivity contribution in [2.24, 2.45) is 0 Å². The third-order valence-corrected chi connectivity index (χ3v) is 9.79. The van der Waals surface area contributed by atoms with Crippen LogP contribution < -0.4 is 0 Å². The molecule has 7 nitrogen and oxygen atoms in total. The molecule has 0 aliphatic rings. The molecule has 0 unspecified atom stereocenters. The number of oxazole rings is 2. The largest absolute Gasteiger partial charge is 0.436 e. The topological polar surface area (TPSA) is 90.7 Å². The molecule has 0 spiro atoms. The first-order valence-corrected chi connectivity index (χ1v) is 16.6. The molecule has 0 saturated carbocycles. The predicted octanol–water partition coefficient (Wildman–Crippen LogP) is 10.9. The third kappa shape index (κ3) is 4.85. The van der Waals surface area contributed by atoms with Crippen LogP contribution in [0.2, 0.25) is 0 Å². The Morgan fingerprint density at radius 2 is 0.816 bits per heavy atom. The minimum Gasteiger partial charge on any atom is -0.436 e. The highest BCUT2D eigenvalue weighted by atomic mass is 32.1. The van der Waals surface area contributed by atoms with Crippen molar-refractivity contribution in [2.45, 2.75) is 0 Å². The summed E-state index contributed by atoms with van der Waals surface area (Å²) in [6.07, 6.45) is 0. The third-order valence-electron chi connectivity index (χ3n) is 8.64. The lowest BCUT2D eigenvalue weighted by atomic mass is 10.1. The van der Waals surface area contributed by atoms with Crippen LogP contribution in [0.25, 0.3) is 99.4 Å². The van der Waals surface area contributed by atoms with Crippen LogP contribution in [0.3, 0.4) is 0 Å². The van der Waals surface area contributed by atoms with Gasteiger partial charge in [0.1, 0.15) is 11.0 Å². The number of thiophene rings is 1. The molecule has 10 rings (SSSR count). The van der Waals surface area contributed by atoms with E-state index in [1.807, 2.05) is 97.1 Å². The Morgan fingerprint density at radius 3 is 1.39 bits per heavy atom. The Morgan fingerprint density at radius 1 is 0.367 bits per heavy atom. The van der Waals surface area contributed by atoms with Crippen LogP contribution in [0.15, 0.2) is 148 Å². The Balaban J connectivity index is 1.07. The van der Waals surface area contributed by atoms with Gasteiger partial charge in [-0.1, -0.05) is 66.7 Å². The maximum absolute atomic E-state index is 6.01. The monoisotopic (exact) mass is 649 g/mol. The van der Waals surface area contributed by atoms with Crippen molar-refractivity contribution in [3.8, 4) is 57.1 Å². The quantitative estimate of drug-likeness (QED) is 0.183. The minimum absolute atomic E-state index is 0.570. The summed E-state index contributed by atoms with van der Waals surface area (Å²) < 4.78 is 14.5. The second kappa shape index (κ2) is 11.0. The molecule has 0 fully saturated rings. The summed E-state index contributed by atoms with van der Waals surface area (Å²) in [5.41, 5.74) is 7.54. The predicted molar refractivity (Wildman–Crippen MR) is 195 cm³/mol. The normalized spacial score (nSPS) is 11.7. The van der Waals surface area contributed by atoms with Crippen LogP contribution in [0.1, 0.15) is 0 Å². The Kier molecular flexibility index (Phi) is 6.22. The molecule has 0 aliphatic heterocycles. The summed E-state index contributed by atoms with van der Waals surface area (Å²) in [5, 5.41) is 2.41. The first-order chi connectivity index (χ1) is 24.2. The van der Waals surface area contributed by atoms with Gasteiger partial charge in [-0.15, -0.1) is 11.3 Å². The molecule has 4 heterocycles. The molecule has 8 heteroatoms. The average molecular weight is 650 g/mol. The second-order valence-electron chi connectivity index (χ2n) is 11.7. The Bertz CT molecular complexity index is 2630. The summed E-state index contributed by atoms with van der Waals surface area (Å²) in [5.74, 6) is 2.88. The van der Waals surface area contributed by atoms with Crippen molar-refractivity contribution < 1.29 is 8.83 Å². The van der Waals surface area contributed by atoms with Gasteiger partial charge in [0.25, 0.3) is 0 Å². The van der Waals surface area contributed by atoms with Crippen LogP contribution in [-0.4, -0.2) is 24.9 Å². The van der Waals surface area contributed by atoms with E-state index in [4.69, 9.17) is 23.8 Å². The number of benzene rings is 6. The van der Waals surface area contributed by atoms with Crippen molar-refractivity contribution in [1.29, 1.82) is 0 Å². The Labute approximate surface area is 283 Å². The summed E-state index contributed by atoms with van der Waals surface area (Å²) in [4.78, 5) is 24.3. The molecule has 6 aromatic carbocycles. The zero-order valence-electron chi connectivity index (χ0n) is 25.7. The van der Waals surface area contributed by atoms with E-state index in [1.165, 1.54) is 20.2 Å². The maximum atomic E-state index is 6.01. The lowest BCUT2D eigenvalue weighted by Gasteiger charge is -2.09. The Hall–Kier alpha value is -6.51. The summed E-state index contributed by atoms with van der Waals surface area (Å²) >= 11 is 1.79. The lowest BCUT2D eigenvalue weighted by molar-refractivity contribution is 0.619. The minimum atomic E-state index is 0.570. The van der Waals surface area contributed by atoms with Gasteiger partial charge in [0.15, 0.2) is 28.6 Å². The smallest absolute Gasteiger partial charge is 0.227 e. The van der Waals surface area contributed by atoms with E-state index < -0.39 is 0 Å². The van der Waals surface area contributed by atoms with Gasteiger partial charge in [-0.05, 0) is 72.8 Å². The van der Waals surface area contributed by atoms with Gasteiger partial charge in [0.05, 0.1) is 0 Å². The van der Waals surface area contributed by atoms with Gasteiger partial charge >= 0.3 is 0 Å². The highest BCUT2D eigenvalue weighted by molar-refractivity contribution is 7.25. The molecule has 0 aliphatic carbocycles. The van der Waals surface area contributed by atoms with Gasteiger partial charge in [0, 0.05) is 48.0 Å². The molecular weight excluding hydrogens is 627 g/mol. The zero-order chi connectivity index (χ0) is 32.3. The number of hydrogen-bond donors (Lipinski definition) is 0.